The predicted molar refractivity (Wildman–Crippen MR) is 81.0 cm³/mol. The number of nitrogens with zero attached hydrogens (tertiary/aromatic N) is 2. The van der Waals surface area contributed by atoms with Crippen LogP contribution in [0.5, 0.6) is 0 Å². The first-order valence-corrected chi connectivity index (χ1v) is 7.59. The fourth-order valence-electron chi connectivity index (χ4n) is 1.67. The van der Waals surface area contributed by atoms with Crippen molar-refractivity contribution in [1.82, 2.24) is 15.5 Å². The Balaban J connectivity index is 2.07. The Bertz CT molecular complexity index is 615. The van der Waals surface area contributed by atoms with Gasteiger partial charge in [-0.1, -0.05) is 16.9 Å². The molecule has 0 aliphatic rings. The van der Waals surface area contributed by atoms with Gasteiger partial charge < -0.3 is 15.6 Å². The van der Waals surface area contributed by atoms with Gasteiger partial charge in [0.25, 0.3) is 5.91 Å². The first-order valence-electron chi connectivity index (χ1n) is 6.61. The second kappa shape index (κ2) is 7.24. The van der Waals surface area contributed by atoms with Crippen molar-refractivity contribution in [1.29, 1.82) is 0 Å². The zero-order valence-electron chi connectivity index (χ0n) is 12.0. The minimum atomic E-state index is -0.167. The summed E-state index contributed by atoms with van der Waals surface area (Å²) in [6.45, 7) is 4.10. The minimum Gasteiger partial charge on any atom is -0.361 e. The van der Waals surface area contributed by atoms with Crippen molar-refractivity contribution >= 4 is 17.7 Å². The molecule has 0 spiro atoms. The van der Waals surface area contributed by atoms with Gasteiger partial charge in [-0.05, 0) is 26.0 Å². The Morgan fingerprint density at radius 2 is 2.38 bits per heavy atom. The molecule has 3 N–H and O–H groups in total. The molecule has 0 aliphatic carbocycles. The van der Waals surface area contributed by atoms with E-state index in [1.165, 1.54) is 11.8 Å². The van der Waals surface area contributed by atoms with Crippen molar-refractivity contribution in [2.24, 2.45) is 5.73 Å². The van der Waals surface area contributed by atoms with Crippen molar-refractivity contribution in [2.45, 2.75) is 30.7 Å². The molecule has 0 aromatic carbocycles. The van der Waals surface area contributed by atoms with Crippen molar-refractivity contribution < 1.29 is 9.32 Å². The van der Waals surface area contributed by atoms with Gasteiger partial charge in [0.1, 0.15) is 10.8 Å². The Kier molecular flexibility index (Phi) is 5.35. The molecule has 0 aliphatic heterocycles. The molecule has 1 amide bonds. The fraction of sp³-hybridized carbons (Fsp3) is 0.357. The van der Waals surface area contributed by atoms with Gasteiger partial charge in [0.2, 0.25) is 0 Å². The highest BCUT2D eigenvalue weighted by Gasteiger charge is 2.15. The van der Waals surface area contributed by atoms with E-state index in [1.54, 1.807) is 18.3 Å². The smallest absolute Gasteiger partial charge is 0.254 e. The van der Waals surface area contributed by atoms with Gasteiger partial charge >= 0.3 is 0 Å². The normalized spacial score (nSPS) is 12.1. The van der Waals surface area contributed by atoms with E-state index < -0.39 is 0 Å². The number of hydrogen-bond donors (Lipinski definition) is 2. The van der Waals surface area contributed by atoms with Crippen molar-refractivity contribution in [3.05, 3.63) is 41.4 Å². The van der Waals surface area contributed by atoms with E-state index in [1.807, 2.05) is 19.9 Å². The third-order valence-electron chi connectivity index (χ3n) is 2.78. The average molecular weight is 306 g/mol. The highest BCUT2D eigenvalue weighted by molar-refractivity contribution is 7.98. The molecule has 0 unspecified atom stereocenters. The van der Waals surface area contributed by atoms with E-state index in [9.17, 15) is 4.79 Å². The molecule has 2 rings (SSSR count). The molecule has 2 aromatic rings. The minimum absolute atomic E-state index is 0.0752. The number of carbonyl (C=O) groups excluding carboxylic acids is 1. The van der Waals surface area contributed by atoms with E-state index in [4.69, 9.17) is 10.3 Å². The summed E-state index contributed by atoms with van der Waals surface area (Å²) in [6, 6.07) is 5.29. The summed E-state index contributed by atoms with van der Waals surface area (Å²) in [7, 11) is 0. The summed E-state index contributed by atoms with van der Waals surface area (Å²) in [5.74, 6) is 1.20. The molecule has 1 atom stereocenters. The predicted octanol–water partition coefficient (Wildman–Crippen LogP) is 1.75. The number of carbonyl (C=O) groups is 1. The average Bonchev–Trinajstić information content (AvgIpc) is 2.90. The highest BCUT2D eigenvalue weighted by atomic mass is 32.2. The van der Waals surface area contributed by atoms with Crippen LogP contribution in [0.2, 0.25) is 0 Å². The van der Waals surface area contributed by atoms with Crippen LogP contribution in [0.1, 0.15) is 28.7 Å². The van der Waals surface area contributed by atoms with Crippen molar-refractivity contribution in [2.75, 3.05) is 6.54 Å². The number of nitrogens with two attached hydrogens (primary N) is 1. The lowest BCUT2D eigenvalue weighted by Gasteiger charge is -2.12. The van der Waals surface area contributed by atoms with E-state index in [-0.39, 0.29) is 11.9 Å². The fourth-order valence-corrected chi connectivity index (χ4v) is 2.54. The quantitative estimate of drug-likeness (QED) is 0.790. The van der Waals surface area contributed by atoms with Crippen LogP contribution in [0, 0.1) is 6.92 Å². The molecular formula is C14H18N4O2S. The van der Waals surface area contributed by atoms with Crippen LogP contribution in [0.3, 0.4) is 0 Å². The van der Waals surface area contributed by atoms with E-state index in [0.29, 0.717) is 22.9 Å². The zero-order valence-corrected chi connectivity index (χ0v) is 12.8. The summed E-state index contributed by atoms with van der Waals surface area (Å²) < 4.78 is 5.02. The first-order chi connectivity index (χ1) is 10.1. The third-order valence-corrected chi connectivity index (χ3v) is 3.82. The Morgan fingerprint density at radius 1 is 1.57 bits per heavy atom. The molecule has 0 saturated carbocycles. The molecule has 0 radical (unpaired) electrons. The molecular weight excluding hydrogens is 288 g/mol. The number of amides is 1. The number of rotatable bonds is 6. The van der Waals surface area contributed by atoms with Crippen LogP contribution in [0.4, 0.5) is 0 Å². The van der Waals surface area contributed by atoms with Crippen LogP contribution in [0.15, 0.2) is 33.9 Å². The van der Waals surface area contributed by atoms with Crippen molar-refractivity contribution in [3.8, 4) is 0 Å². The van der Waals surface area contributed by atoms with Crippen molar-refractivity contribution in [3.63, 3.8) is 0 Å². The summed E-state index contributed by atoms with van der Waals surface area (Å²) >= 11 is 1.45. The molecule has 7 heteroatoms. The number of hydrogen-bond acceptors (Lipinski definition) is 6. The maximum Gasteiger partial charge on any atom is 0.254 e. The highest BCUT2D eigenvalue weighted by Crippen LogP contribution is 2.24. The molecule has 6 nitrogen and oxygen atoms in total. The summed E-state index contributed by atoms with van der Waals surface area (Å²) in [5, 5.41) is 7.43. The Morgan fingerprint density at radius 3 is 3.05 bits per heavy atom. The second-order valence-corrected chi connectivity index (χ2v) is 5.65. The maximum atomic E-state index is 12.2. The number of nitrogens with one attached hydrogen (secondary N) is 1. The second-order valence-electron chi connectivity index (χ2n) is 4.68. The van der Waals surface area contributed by atoms with Gasteiger partial charge in [0, 0.05) is 30.6 Å². The summed E-state index contributed by atoms with van der Waals surface area (Å²) in [6.07, 6.45) is 1.67. The molecule has 2 heterocycles. The lowest BCUT2D eigenvalue weighted by molar-refractivity contribution is 0.0937. The lowest BCUT2D eigenvalue weighted by atomic mass is 10.2. The van der Waals surface area contributed by atoms with Crippen LogP contribution < -0.4 is 11.1 Å². The van der Waals surface area contributed by atoms with E-state index in [0.717, 1.165) is 11.5 Å². The number of pyridine rings is 1. The number of thioether (sulfide) groups is 1. The lowest BCUT2D eigenvalue weighted by Crippen LogP contribution is -2.38. The molecule has 112 valence electrons. The Hall–Kier alpha value is -1.86. The van der Waals surface area contributed by atoms with Gasteiger partial charge in [-0.15, -0.1) is 0 Å². The monoisotopic (exact) mass is 306 g/mol. The SMILES string of the molecule is Cc1cc(CSc2ncccc2C(=O)N[C@@H](C)CN)no1. The zero-order chi connectivity index (χ0) is 15.2. The van der Waals surface area contributed by atoms with Crippen LogP contribution in [-0.4, -0.2) is 28.6 Å². The maximum absolute atomic E-state index is 12.2. The first kappa shape index (κ1) is 15.5. The van der Waals surface area contributed by atoms with Crippen LogP contribution >= 0.6 is 11.8 Å². The Labute approximate surface area is 127 Å². The molecule has 0 saturated heterocycles. The van der Waals surface area contributed by atoms with Gasteiger partial charge in [-0.3, -0.25) is 4.79 Å². The van der Waals surface area contributed by atoms with Crippen LogP contribution in [0.25, 0.3) is 0 Å². The summed E-state index contributed by atoms with van der Waals surface area (Å²) in [5.41, 5.74) is 6.89. The van der Waals surface area contributed by atoms with Gasteiger partial charge in [0.05, 0.1) is 11.3 Å². The third kappa shape index (κ3) is 4.30. The van der Waals surface area contributed by atoms with Gasteiger partial charge in [-0.2, -0.15) is 0 Å². The van der Waals surface area contributed by atoms with Gasteiger partial charge in [-0.25, -0.2) is 4.98 Å². The summed E-state index contributed by atoms with van der Waals surface area (Å²) in [4.78, 5) is 16.5. The van der Waals surface area contributed by atoms with E-state index >= 15 is 0 Å². The number of aromatic nitrogens is 2. The number of aryl methyl sites for hydroxylation is 1. The molecule has 2 aromatic heterocycles. The molecule has 21 heavy (non-hydrogen) atoms. The van der Waals surface area contributed by atoms with E-state index in [2.05, 4.69) is 15.5 Å². The molecule has 0 fully saturated rings. The molecule has 0 bridgehead atoms. The van der Waals surface area contributed by atoms with Crippen LogP contribution in [-0.2, 0) is 5.75 Å². The largest absolute Gasteiger partial charge is 0.361 e. The topological polar surface area (TPSA) is 94.0 Å². The van der Waals surface area contributed by atoms with Gasteiger partial charge in [0.15, 0.2) is 0 Å². The standard InChI is InChI=1S/C14H18N4O2S/c1-9(7-15)17-13(19)12-4-3-5-16-14(12)21-8-11-6-10(2)20-18-11/h3-6,9H,7-8,15H2,1-2H3,(H,17,19)/t9-/m0/s1.